The molecule has 3 nitrogen and oxygen atoms in total. The van der Waals surface area contributed by atoms with Crippen LogP contribution in [0.25, 0.3) is 9.88 Å². The van der Waals surface area contributed by atoms with E-state index in [9.17, 15) is 4.79 Å². The largest absolute Gasteiger partial charge is 0.337 e. The van der Waals surface area contributed by atoms with Crippen LogP contribution in [0.4, 0.5) is 0 Å². The van der Waals surface area contributed by atoms with E-state index < -0.39 is 0 Å². The van der Waals surface area contributed by atoms with Gasteiger partial charge in [0.05, 0.1) is 17.1 Å². The van der Waals surface area contributed by atoms with Crippen molar-refractivity contribution < 1.29 is 4.79 Å². The number of rotatable bonds is 6. The normalized spacial score (nSPS) is 11.2. The predicted octanol–water partition coefficient (Wildman–Crippen LogP) is 4.36. The van der Waals surface area contributed by atoms with E-state index in [4.69, 9.17) is 4.98 Å². The lowest BCUT2D eigenvalue weighted by Crippen LogP contribution is -2.24. The standard InChI is InChI=1S/C16H20N2OS2/c1-4-6-9-15(19)18(3)11-14-12(5-2)17-16(21-14)13-8-7-10-20-13/h6-10H,4-5,11H2,1-3H3/b9-6+. The van der Waals surface area contributed by atoms with Crippen molar-refractivity contribution in [2.24, 2.45) is 0 Å². The molecule has 0 aliphatic heterocycles. The first kappa shape index (κ1) is 15.9. The Labute approximate surface area is 134 Å². The number of carbonyl (C=O) groups is 1. The summed E-state index contributed by atoms with van der Waals surface area (Å²) in [5.41, 5.74) is 1.10. The molecule has 0 saturated carbocycles. The van der Waals surface area contributed by atoms with E-state index in [1.807, 2.05) is 26.1 Å². The maximum atomic E-state index is 12.0. The Morgan fingerprint density at radius 1 is 1.43 bits per heavy atom. The molecule has 0 atom stereocenters. The van der Waals surface area contributed by atoms with Gasteiger partial charge in [0.15, 0.2) is 0 Å². The summed E-state index contributed by atoms with van der Waals surface area (Å²) in [6.07, 6.45) is 5.31. The highest BCUT2D eigenvalue weighted by Gasteiger charge is 2.15. The second kappa shape index (κ2) is 7.52. The molecule has 0 unspecified atom stereocenters. The molecule has 0 bridgehead atoms. The Hall–Kier alpha value is -1.46. The van der Waals surface area contributed by atoms with E-state index in [0.29, 0.717) is 6.54 Å². The van der Waals surface area contributed by atoms with Gasteiger partial charge in [0, 0.05) is 11.9 Å². The van der Waals surface area contributed by atoms with Gasteiger partial charge in [-0.05, 0) is 30.4 Å². The van der Waals surface area contributed by atoms with Crippen LogP contribution in [0.3, 0.4) is 0 Å². The van der Waals surface area contributed by atoms with Gasteiger partial charge in [-0.3, -0.25) is 4.79 Å². The maximum absolute atomic E-state index is 12.0. The molecule has 21 heavy (non-hydrogen) atoms. The van der Waals surface area contributed by atoms with E-state index in [2.05, 4.69) is 18.4 Å². The second-order valence-electron chi connectivity index (χ2n) is 4.72. The van der Waals surface area contributed by atoms with Crippen LogP contribution in [0.5, 0.6) is 0 Å². The molecular weight excluding hydrogens is 300 g/mol. The summed E-state index contributed by atoms with van der Waals surface area (Å²) >= 11 is 3.39. The first-order valence-corrected chi connectivity index (χ1v) is 8.79. The lowest BCUT2D eigenvalue weighted by atomic mass is 10.3. The van der Waals surface area contributed by atoms with Crippen LogP contribution in [0.1, 0.15) is 30.8 Å². The maximum Gasteiger partial charge on any atom is 0.246 e. The number of thiazole rings is 1. The van der Waals surface area contributed by atoms with Gasteiger partial charge in [0.2, 0.25) is 5.91 Å². The number of thiophene rings is 1. The SMILES string of the molecule is CC/C=C/C(=O)N(C)Cc1sc(-c2cccs2)nc1CC. The molecule has 0 aliphatic rings. The molecule has 2 aromatic rings. The van der Waals surface area contributed by atoms with Gasteiger partial charge in [-0.1, -0.05) is 26.0 Å². The van der Waals surface area contributed by atoms with Crippen molar-refractivity contribution in [2.45, 2.75) is 33.2 Å². The average molecular weight is 320 g/mol. The Balaban J connectivity index is 2.16. The third kappa shape index (κ3) is 4.02. The fraction of sp³-hybridized carbons (Fsp3) is 0.375. The number of hydrogen-bond donors (Lipinski definition) is 0. The summed E-state index contributed by atoms with van der Waals surface area (Å²) in [6, 6.07) is 4.13. The van der Waals surface area contributed by atoms with Gasteiger partial charge < -0.3 is 4.90 Å². The molecule has 2 heterocycles. The average Bonchev–Trinajstić information content (AvgIpc) is 3.13. The highest BCUT2D eigenvalue weighted by Crippen LogP contribution is 2.32. The van der Waals surface area contributed by atoms with E-state index in [1.54, 1.807) is 33.6 Å². The molecular formula is C16H20N2OS2. The zero-order chi connectivity index (χ0) is 15.2. The second-order valence-corrected chi connectivity index (χ2v) is 6.76. The topological polar surface area (TPSA) is 33.2 Å². The minimum Gasteiger partial charge on any atom is -0.337 e. The van der Waals surface area contributed by atoms with Gasteiger partial charge >= 0.3 is 0 Å². The number of likely N-dealkylation sites (N-methyl/N-ethyl adjacent to an activating group) is 1. The molecule has 0 aliphatic carbocycles. The monoisotopic (exact) mass is 320 g/mol. The number of amides is 1. The summed E-state index contributed by atoms with van der Waals surface area (Å²) in [5.74, 6) is 0.0463. The first-order valence-electron chi connectivity index (χ1n) is 7.09. The molecule has 0 N–H and O–H groups in total. The van der Waals surface area contributed by atoms with Gasteiger partial charge in [0.1, 0.15) is 5.01 Å². The molecule has 0 saturated heterocycles. The van der Waals surface area contributed by atoms with Crippen LogP contribution in [0.2, 0.25) is 0 Å². The summed E-state index contributed by atoms with van der Waals surface area (Å²) in [4.78, 5) is 20.8. The number of nitrogens with zero attached hydrogens (tertiary/aromatic N) is 2. The van der Waals surface area contributed by atoms with Crippen LogP contribution in [-0.2, 0) is 17.8 Å². The van der Waals surface area contributed by atoms with Crippen molar-refractivity contribution in [1.82, 2.24) is 9.88 Å². The third-order valence-corrected chi connectivity index (χ3v) is 5.22. The molecule has 0 fully saturated rings. The number of carbonyl (C=O) groups excluding carboxylic acids is 1. The molecule has 0 spiro atoms. The first-order chi connectivity index (χ1) is 10.2. The molecule has 2 aromatic heterocycles. The zero-order valence-electron chi connectivity index (χ0n) is 12.6. The fourth-order valence-corrected chi connectivity index (χ4v) is 3.93. The molecule has 2 rings (SSSR count). The number of hydrogen-bond acceptors (Lipinski definition) is 4. The van der Waals surface area contributed by atoms with Gasteiger partial charge in [-0.2, -0.15) is 0 Å². The summed E-state index contributed by atoms with van der Waals surface area (Å²) in [5, 5.41) is 3.12. The van der Waals surface area contributed by atoms with Crippen molar-refractivity contribution in [3.8, 4) is 9.88 Å². The van der Waals surface area contributed by atoms with Crippen LogP contribution >= 0.6 is 22.7 Å². The Bertz CT molecular complexity index is 614. The van der Waals surface area contributed by atoms with Gasteiger partial charge in [0.25, 0.3) is 0 Å². The van der Waals surface area contributed by atoms with E-state index >= 15 is 0 Å². The Kier molecular flexibility index (Phi) is 5.70. The van der Waals surface area contributed by atoms with E-state index in [1.165, 1.54) is 9.75 Å². The quantitative estimate of drug-likeness (QED) is 0.741. The highest BCUT2D eigenvalue weighted by molar-refractivity contribution is 7.21. The lowest BCUT2D eigenvalue weighted by Gasteiger charge is -2.14. The van der Waals surface area contributed by atoms with Crippen molar-refractivity contribution in [3.63, 3.8) is 0 Å². The summed E-state index contributed by atoms with van der Waals surface area (Å²) < 4.78 is 0. The predicted molar refractivity (Wildman–Crippen MR) is 90.7 cm³/mol. The minimum absolute atomic E-state index is 0.0463. The fourth-order valence-electron chi connectivity index (χ4n) is 1.93. The number of allylic oxidation sites excluding steroid dienone is 1. The molecule has 0 radical (unpaired) electrons. The Morgan fingerprint density at radius 2 is 2.24 bits per heavy atom. The van der Waals surface area contributed by atoms with Crippen molar-refractivity contribution in [3.05, 3.63) is 40.2 Å². The van der Waals surface area contributed by atoms with Crippen molar-refractivity contribution in [1.29, 1.82) is 0 Å². The van der Waals surface area contributed by atoms with Crippen LogP contribution < -0.4 is 0 Å². The molecule has 5 heteroatoms. The molecule has 112 valence electrons. The van der Waals surface area contributed by atoms with Gasteiger partial charge in [-0.15, -0.1) is 22.7 Å². The zero-order valence-corrected chi connectivity index (χ0v) is 14.3. The highest BCUT2D eigenvalue weighted by atomic mass is 32.1. The number of aromatic nitrogens is 1. The van der Waals surface area contributed by atoms with Crippen LogP contribution in [0, 0.1) is 0 Å². The van der Waals surface area contributed by atoms with Crippen molar-refractivity contribution in [2.75, 3.05) is 7.05 Å². The van der Waals surface area contributed by atoms with Gasteiger partial charge in [-0.25, -0.2) is 4.98 Å². The summed E-state index contributed by atoms with van der Waals surface area (Å²) in [7, 11) is 1.84. The lowest BCUT2D eigenvalue weighted by molar-refractivity contribution is -0.125. The van der Waals surface area contributed by atoms with E-state index in [-0.39, 0.29) is 5.91 Å². The van der Waals surface area contributed by atoms with Crippen molar-refractivity contribution >= 4 is 28.6 Å². The Morgan fingerprint density at radius 3 is 2.86 bits per heavy atom. The smallest absolute Gasteiger partial charge is 0.246 e. The minimum atomic E-state index is 0.0463. The van der Waals surface area contributed by atoms with Crippen LogP contribution in [-0.4, -0.2) is 22.8 Å². The molecule has 0 aromatic carbocycles. The molecule has 1 amide bonds. The summed E-state index contributed by atoms with van der Waals surface area (Å²) in [6.45, 7) is 4.75. The van der Waals surface area contributed by atoms with Crippen LogP contribution in [0.15, 0.2) is 29.7 Å². The van der Waals surface area contributed by atoms with E-state index in [0.717, 1.165) is 23.5 Å². The number of aryl methyl sites for hydroxylation is 1. The third-order valence-electron chi connectivity index (χ3n) is 3.10.